The minimum absolute atomic E-state index is 0.141. The predicted molar refractivity (Wildman–Crippen MR) is 72.8 cm³/mol. The average molecular weight is 330 g/mol. The fraction of sp³-hybridized carbons (Fsp3) is 0.308. The second kappa shape index (κ2) is 5.79. The van der Waals surface area contributed by atoms with Crippen LogP contribution in [0.25, 0.3) is 0 Å². The van der Waals surface area contributed by atoms with Crippen molar-refractivity contribution in [3.63, 3.8) is 0 Å². The molecule has 0 aliphatic carbocycles. The number of aromatic nitrogens is 2. The summed E-state index contributed by atoms with van der Waals surface area (Å²) in [6, 6.07) is 2.47. The standard InChI is InChI=1S/C13H14BrF2N3/c1-3-17-13(8-6-18-19(2)7-8)9-4-5-10(15)12(16)11(9)14/h4-7,13,17H,3H2,1-2H3. The molecule has 2 aromatic rings. The van der Waals surface area contributed by atoms with Crippen molar-refractivity contribution in [1.82, 2.24) is 15.1 Å². The monoisotopic (exact) mass is 329 g/mol. The number of nitrogens with zero attached hydrogens (tertiary/aromatic N) is 2. The second-order valence-electron chi connectivity index (χ2n) is 4.20. The van der Waals surface area contributed by atoms with Crippen LogP contribution < -0.4 is 5.32 Å². The molecule has 1 unspecified atom stereocenters. The van der Waals surface area contributed by atoms with Gasteiger partial charge in [0.15, 0.2) is 11.6 Å². The molecule has 1 heterocycles. The van der Waals surface area contributed by atoms with Crippen LogP contribution >= 0.6 is 15.9 Å². The summed E-state index contributed by atoms with van der Waals surface area (Å²) >= 11 is 3.12. The molecule has 3 nitrogen and oxygen atoms in total. The molecule has 0 fully saturated rings. The number of rotatable bonds is 4. The van der Waals surface area contributed by atoms with E-state index < -0.39 is 11.6 Å². The summed E-state index contributed by atoms with van der Waals surface area (Å²) in [6.45, 7) is 2.65. The van der Waals surface area contributed by atoms with Gasteiger partial charge < -0.3 is 5.32 Å². The van der Waals surface area contributed by atoms with Gasteiger partial charge in [0, 0.05) is 18.8 Å². The quantitative estimate of drug-likeness (QED) is 0.873. The lowest BCUT2D eigenvalue weighted by atomic mass is 10.0. The van der Waals surface area contributed by atoms with Gasteiger partial charge in [0.2, 0.25) is 0 Å². The van der Waals surface area contributed by atoms with Crippen molar-refractivity contribution in [2.45, 2.75) is 13.0 Å². The Bertz CT molecular complexity index is 583. The van der Waals surface area contributed by atoms with E-state index in [0.29, 0.717) is 12.1 Å². The number of aryl methyl sites for hydroxylation is 1. The maximum absolute atomic E-state index is 13.6. The third-order valence-corrected chi connectivity index (χ3v) is 3.65. The van der Waals surface area contributed by atoms with Crippen LogP contribution in [0.3, 0.4) is 0 Å². The van der Waals surface area contributed by atoms with Crippen molar-refractivity contribution in [1.29, 1.82) is 0 Å². The van der Waals surface area contributed by atoms with Gasteiger partial charge in [-0.15, -0.1) is 0 Å². The van der Waals surface area contributed by atoms with Gasteiger partial charge >= 0.3 is 0 Å². The van der Waals surface area contributed by atoms with Crippen LogP contribution in [0.4, 0.5) is 8.78 Å². The summed E-state index contributed by atoms with van der Waals surface area (Å²) in [6.07, 6.45) is 3.56. The fourth-order valence-electron chi connectivity index (χ4n) is 1.96. The van der Waals surface area contributed by atoms with Crippen LogP contribution in [-0.4, -0.2) is 16.3 Å². The summed E-state index contributed by atoms with van der Waals surface area (Å²) in [5.74, 6) is -1.73. The first kappa shape index (κ1) is 14.1. The van der Waals surface area contributed by atoms with Gasteiger partial charge in [0.1, 0.15) is 0 Å². The Morgan fingerprint density at radius 3 is 2.74 bits per heavy atom. The minimum atomic E-state index is -0.871. The first-order valence-corrected chi connectivity index (χ1v) is 6.69. The third kappa shape index (κ3) is 2.84. The highest BCUT2D eigenvalue weighted by Gasteiger charge is 2.21. The van der Waals surface area contributed by atoms with Crippen LogP contribution in [0.5, 0.6) is 0 Å². The van der Waals surface area contributed by atoms with Crippen molar-refractivity contribution in [2.24, 2.45) is 7.05 Å². The molecule has 6 heteroatoms. The van der Waals surface area contributed by atoms with Crippen LogP contribution in [-0.2, 0) is 7.05 Å². The van der Waals surface area contributed by atoms with Gasteiger partial charge in [-0.1, -0.05) is 13.0 Å². The zero-order chi connectivity index (χ0) is 14.0. The number of halogens is 3. The van der Waals surface area contributed by atoms with E-state index in [1.54, 1.807) is 16.9 Å². The van der Waals surface area contributed by atoms with Gasteiger partial charge in [0.05, 0.1) is 16.7 Å². The van der Waals surface area contributed by atoms with E-state index in [0.717, 1.165) is 11.6 Å². The predicted octanol–water partition coefficient (Wildman–Crippen LogP) is 3.16. The Hall–Kier alpha value is -1.27. The fourth-order valence-corrected chi connectivity index (χ4v) is 2.51. The van der Waals surface area contributed by atoms with Gasteiger partial charge in [-0.2, -0.15) is 5.10 Å². The first-order chi connectivity index (χ1) is 9.04. The van der Waals surface area contributed by atoms with Crippen molar-refractivity contribution >= 4 is 15.9 Å². The van der Waals surface area contributed by atoms with Crippen LogP contribution in [0.1, 0.15) is 24.1 Å². The smallest absolute Gasteiger partial charge is 0.173 e. The highest BCUT2D eigenvalue weighted by atomic mass is 79.9. The molecule has 0 saturated heterocycles. The van der Waals surface area contributed by atoms with E-state index >= 15 is 0 Å². The molecule has 0 spiro atoms. The van der Waals surface area contributed by atoms with Crippen molar-refractivity contribution in [3.8, 4) is 0 Å². The molecule has 0 saturated carbocycles. The molecule has 2 rings (SSSR count). The highest BCUT2D eigenvalue weighted by molar-refractivity contribution is 9.10. The van der Waals surface area contributed by atoms with E-state index in [1.165, 1.54) is 0 Å². The molecule has 102 valence electrons. The summed E-state index contributed by atoms with van der Waals surface area (Å²) in [4.78, 5) is 0. The van der Waals surface area contributed by atoms with Gasteiger partial charge in [0.25, 0.3) is 0 Å². The molecule has 0 aliphatic heterocycles. The topological polar surface area (TPSA) is 29.9 Å². The summed E-state index contributed by atoms with van der Waals surface area (Å²) < 4.78 is 28.6. The van der Waals surface area contributed by atoms with Gasteiger partial charge in [-0.25, -0.2) is 8.78 Å². The highest BCUT2D eigenvalue weighted by Crippen LogP contribution is 2.31. The van der Waals surface area contributed by atoms with Crippen LogP contribution in [0.2, 0.25) is 0 Å². The lowest BCUT2D eigenvalue weighted by Crippen LogP contribution is -2.22. The zero-order valence-corrected chi connectivity index (χ0v) is 12.2. The van der Waals surface area contributed by atoms with Crippen LogP contribution in [0.15, 0.2) is 29.0 Å². The Morgan fingerprint density at radius 1 is 1.42 bits per heavy atom. The molecule has 0 bridgehead atoms. The summed E-state index contributed by atoms with van der Waals surface area (Å²) in [5.41, 5.74) is 1.55. The van der Waals surface area contributed by atoms with Crippen molar-refractivity contribution < 1.29 is 8.78 Å². The Labute approximate surface area is 118 Å². The first-order valence-electron chi connectivity index (χ1n) is 5.90. The van der Waals surface area contributed by atoms with E-state index in [4.69, 9.17) is 0 Å². The third-order valence-electron chi connectivity index (χ3n) is 2.84. The number of nitrogens with one attached hydrogen (secondary N) is 1. The Morgan fingerprint density at radius 2 is 2.16 bits per heavy atom. The van der Waals surface area contributed by atoms with Gasteiger partial charge in [-0.05, 0) is 34.1 Å². The van der Waals surface area contributed by atoms with Gasteiger partial charge in [-0.3, -0.25) is 4.68 Å². The molecule has 0 amide bonds. The van der Waals surface area contributed by atoms with E-state index in [1.807, 2.05) is 20.2 Å². The molecule has 19 heavy (non-hydrogen) atoms. The molecule has 0 radical (unpaired) electrons. The normalized spacial score (nSPS) is 12.7. The lowest BCUT2D eigenvalue weighted by molar-refractivity contribution is 0.498. The summed E-state index contributed by atoms with van der Waals surface area (Å²) in [7, 11) is 1.81. The zero-order valence-electron chi connectivity index (χ0n) is 10.6. The number of benzene rings is 1. The van der Waals surface area contributed by atoms with E-state index in [-0.39, 0.29) is 10.5 Å². The second-order valence-corrected chi connectivity index (χ2v) is 5.00. The Balaban J connectivity index is 2.48. The molecule has 0 aliphatic rings. The van der Waals surface area contributed by atoms with Crippen molar-refractivity contribution in [2.75, 3.05) is 6.54 Å². The number of hydrogen-bond donors (Lipinski definition) is 1. The average Bonchev–Trinajstić information content (AvgIpc) is 2.81. The van der Waals surface area contributed by atoms with E-state index in [2.05, 4.69) is 26.3 Å². The van der Waals surface area contributed by atoms with Crippen LogP contribution in [0, 0.1) is 11.6 Å². The largest absolute Gasteiger partial charge is 0.306 e. The molecular formula is C13H14BrF2N3. The number of hydrogen-bond acceptors (Lipinski definition) is 2. The maximum Gasteiger partial charge on any atom is 0.173 e. The SMILES string of the molecule is CCNC(c1cnn(C)c1)c1ccc(F)c(F)c1Br. The van der Waals surface area contributed by atoms with Crippen molar-refractivity contribution in [3.05, 3.63) is 51.8 Å². The molecule has 1 aromatic heterocycles. The lowest BCUT2D eigenvalue weighted by Gasteiger charge is -2.18. The molecule has 1 N–H and O–H groups in total. The molecule has 1 aromatic carbocycles. The molecular weight excluding hydrogens is 316 g/mol. The summed E-state index contributed by atoms with van der Waals surface area (Å²) in [5, 5.41) is 7.35. The van der Waals surface area contributed by atoms with E-state index in [9.17, 15) is 8.78 Å². The Kier molecular flexibility index (Phi) is 4.31. The maximum atomic E-state index is 13.6. The molecule has 1 atom stereocenters. The minimum Gasteiger partial charge on any atom is -0.306 e.